The molecule has 0 bridgehead atoms. The number of ether oxygens (including phenoxy) is 1. The van der Waals surface area contributed by atoms with Crippen LogP contribution in [0.25, 0.3) is 0 Å². The molecule has 1 N–H and O–H groups in total. The molecular weight excluding hydrogens is 230 g/mol. The summed E-state index contributed by atoms with van der Waals surface area (Å²) in [6.07, 6.45) is 5.55. The van der Waals surface area contributed by atoms with Crippen LogP contribution in [0, 0.1) is 5.92 Å². The van der Waals surface area contributed by atoms with Crippen LogP contribution in [0.4, 0.5) is 0 Å². The molecule has 1 fully saturated rings. The smallest absolute Gasteiger partial charge is 0.184 e. The average Bonchev–Trinajstić information content (AvgIpc) is 2.78. The molecule has 18 heavy (non-hydrogen) atoms. The fourth-order valence-electron chi connectivity index (χ4n) is 2.51. The van der Waals surface area contributed by atoms with Crippen molar-refractivity contribution in [3.05, 3.63) is 11.9 Å². The quantitative estimate of drug-likeness (QED) is 0.804. The minimum Gasteiger partial charge on any atom is -0.493 e. The van der Waals surface area contributed by atoms with Crippen LogP contribution in [0.2, 0.25) is 0 Å². The van der Waals surface area contributed by atoms with Crippen LogP contribution in [0.15, 0.2) is 6.20 Å². The summed E-state index contributed by atoms with van der Waals surface area (Å²) in [4.78, 5) is 12.2. The van der Waals surface area contributed by atoms with E-state index in [1.165, 1.54) is 12.8 Å². The fraction of sp³-hybridized carbons (Fsp3) is 0.692. The van der Waals surface area contributed by atoms with Crippen LogP contribution < -0.4 is 10.1 Å². The van der Waals surface area contributed by atoms with Crippen molar-refractivity contribution in [1.82, 2.24) is 15.1 Å². The van der Waals surface area contributed by atoms with Gasteiger partial charge >= 0.3 is 0 Å². The lowest BCUT2D eigenvalue weighted by Crippen LogP contribution is -2.30. The molecule has 0 amide bonds. The number of carbonyl (C=O) groups is 1. The van der Waals surface area contributed by atoms with Crippen LogP contribution in [-0.4, -0.2) is 35.8 Å². The van der Waals surface area contributed by atoms with Crippen molar-refractivity contribution < 1.29 is 9.53 Å². The summed E-state index contributed by atoms with van der Waals surface area (Å²) in [5.74, 6) is 1.32. The monoisotopic (exact) mass is 251 g/mol. The molecule has 0 aromatic carbocycles. The zero-order chi connectivity index (χ0) is 13.0. The van der Waals surface area contributed by atoms with E-state index in [1.54, 1.807) is 25.0 Å². The number of rotatable bonds is 5. The molecule has 0 aliphatic carbocycles. The van der Waals surface area contributed by atoms with E-state index >= 15 is 0 Å². The largest absolute Gasteiger partial charge is 0.493 e. The van der Waals surface area contributed by atoms with Crippen molar-refractivity contribution in [2.24, 2.45) is 13.0 Å². The van der Waals surface area contributed by atoms with Crippen LogP contribution in [0.3, 0.4) is 0 Å². The number of methoxy groups -OCH3 is 1. The second kappa shape index (κ2) is 6.00. The number of hydrogen-bond donors (Lipinski definition) is 1. The lowest BCUT2D eigenvalue weighted by molar-refractivity contribution is 0.0959. The van der Waals surface area contributed by atoms with E-state index in [0.29, 0.717) is 23.8 Å². The first kappa shape index (κ1) is 13.1. The molecule has 100 valence electrons. The summed E-state index contributed by atoms with van der Waals surface area (Å²) < 4.78 is 6.76. The van der Waals surface area contributed by atoms with Gasteiger partial charge in [0.2, 0.25) is 0 Å². The minimum absolute atomic E-state index is 0.123. The Morgan fingerprint density at radius 2 is 2.50 bits per heavy atom. The van der Waals surface area contributed by atoms with Crippen LogP contribution in [-0.2, 0) is 7.05 Å². The third kappa shape index (κ3) is 2.90. The van der Waals surface area contributed by atoms with Crippen molar-refractivity contribution in [1.29, 1.82) is 0 Å². The highest BCUT2D eigenvalue weighted by atomic mass is 16.5. The normalized spacial score (nSPS) is 19.8. The Balaban J connectivity index is 1.92. The highest BCUT2D eigenvalue weighted by Gasteiger charge is 2.20. The van der Waals surface area contributed by atoms with Gasteiger partial charge in [0.15, 0.2) is 11.5 Å². The molecule has 1 aliphatic heterocycles. The summed E-state index contributed by atoms with van der Waals surface area (Å²) in [6, 6.07) is 0. The first-order chi connectivity index (χ1) is 8.72. The molecule has 1 atom stereocenters. The van der Waals surface area contributed by atoms with Crippen LogP contribution in [0.5, 0.6) is 5.75 Å². The van der Waals surface area contributed by atoms with Gasteiger partial charge in [-0.1, -0.05) is 0 Å². The number of Topliss-reactive ketones (excluding diaryl/α,β-unsaturated/α-hetero) is 1. The highest BCUT2D eigenvalue weighted by molar-refractivity contribution is 5.96. The van der Waals surface area contributed by atoms with Crippen molar-refractivity contribution in [2.45, 2.75) is 25.7 Å². The number of nitrogens with zero attached hydrogens (tertiary/aromatic N) is 2. The minimum atomic E-state index is 0.123. The molecule has 1 saturated heterocycles. The molecule has 1 unspecified atom stereocenters. The summed E-state index contributed by atoms with van der Waals surface area (Å²) >= 11 is 0. The molecule has 1 aromatic rings. The number of ketones is 1. The second-order valence-corrected chi connectivity index (χ2v) is 4.86. The third-order valence-corrected chi connectivity index (χ3v) is 3.57. The van der Waals surface area contributed by atoms with Crippen molar-refractivity contribution in [3.8, 4) is 5.75 Å². The summed E-state index contributed by atoms with van der Waals surface area (Å²) in [5, 5.41) is 7.44. The molecule has 2 heterocycles. The van der Waals surface area contributed by atoms with Gasteiger partial charge in [-0.3, -0.25) is 9.48 Å². The topological polar surface area (TPSA) is 56.2 Å². The van der Waals surface area contributed by atoms with E-state index in [-0.39, 0.29) is 5.78 Å². The standard InChI is InChI=1S/C13H21N3O2/c1-16-13(12(18-2)9-15-16)11(17)6-5-10-4-3-7-14-8-10/h9-10,14H,3-8H2,1-2H3. The van der Waals surface area contributed by atoms with Crippen molar-refractivity contribution in [3.63, 3.8) is 0 Å². The van der Waals surface area contributed by atoms with Gasteiger partial charge in [-0.25, -0.2) is 0 Å². The van der Waals surface area contributed by atoms with E-state index < -0.39 is 0 Å². The average molecular weight is 251 g/mol. The van der Waals surface area contributed by atoms with Crippen LogP contribution >= 0.6 is 0 Å². The maximum Gasteiger partial charge on any atom is 0.184 e. The number of carbonyl (C=O) groups excluding carboxylic acids is 1. The molecule has 1 aromatic heterocycles. The van der Waals surface area contributed by atoms with Gasteiger partial charge in [0.1, 0.15) is 5.69 Å². The SMILES string of the molecule is COc1cnn(C)c1C(=O)CCC1CCCNC1. The Morgan fingerprint density at radius 1 is 1.67 bits per heavy atom. The van der Waals surface area contributed by atoms with Gasteiger partial charge in [-0.15, -0.1) is 0 Å². The maximum absolute atomic E-state index is 12.2. The molecular formula is C13H21N3O2. The van der Waals surface area contributed by atoms with Gasteiger partial charge < -0.3 is 10.1 Å². The van der Waals surface area contributed by atoms with E-state index in [2.05, 4.69) is 10.4 Å². The molecule has 0 radical (unpaired) electrons. The van der Waals surface area contributed by atoms with Gasteiger partial charge in [0.05, 0.1) is 13.3 Å². The second-order valence-electron chi connectivity index (χ2n) is 4.86. The van der Waals surface area contributed by atoms with E-state index in [0.717, 1.165) is 19.5 Å². The Labute approximate surface area is 108 Å². The highest BCUT2D eigenvalue weighted by Crippen LogP contribution is 2.22. The summed E-state index contributed by atoms with van der Waals surface area (Å²) in [5.41, 5.74) is 0.585. The number of hydrogen-bond acceptors (Lipinski definition) is 4. The Bertz CT molecular complexity index is 408. The predicted molar refractivity (Wildman–Crippen MR) is 68.9 cm³/mol. The summed E-state index contributed by atoms with van der Waals surface area (Å²) in [7, 11) is 3.34. The van der Waals surface area contributed by atoms with Crippen LogP contribution in [0.1, 0.15) is 36.2 Å². The Morgan fingerprint density at radius 3 is 3.17 bits per heavy atom. The summed E-state index contributed by atoms with van der Waals surface area (Å²) in [6.45, 7) is 2.15. The van der Waals surface area contributed by atoms with Crippen molar-refractivity contribution >= 4 is 5.78 Å². The zero-order valence-corrected chi connectivity index (χ0v) is 11.1. The molecule has 1 aliphatic rings. The van der Waals surface area contributed by atoms with E-state index in [4.69, 9.17) is 4.74 Å². The van der Waals surface area contributed by atoms with E-state index in [9.17, 15) is 4.79 Å². The predicted octanol–water partition coefficient (Wildman–Crippen LogP) is 1.39. The molecule has 0 spiro atoms. The number of aryl methyl sites for hydroxylation is 1. The van der Waals surface area contributed by atoms with E-state index in [1.807, 2.05) is 0 Å². The fourth-order valence-corrected chi connectivity index (χ4v) is 2.51. The first-order valence-corrected chi connectivity index (χ1v) is 6.52. The molecule has 0 saturated carbocycles. The molecule has 5 heteroatoms. The van der Waals surface area contributed by atoms with Gasteiger partial charge in [-0.2, -0.15) is 5.10 Å². The van der Waals surface area contributed by atoms with Gasteiger partial charge in [0, 0.05) is 13.5 Å². The molecule has 2 rings (SSSR count). The number of aromatic nitrogens is 2. The van der Waals surface area contributed by atoms with Gasteiger partial charge in [0.25, 0.3) is 0 Å². The number of piperidine rings is 1. The zero-order valence-electron chi connectivity index (χ0n) is 11.1. The van der Waals surface area contributed by atoms with Crippen molar-refractivity contribution in [2.75, 3.05) is 20.2 Å². The maximum atomic E-state index is 12.2. The number of nitrogens with one attached hydrogen (secondary N) is 1. The lowest BCUT2D eigenvalue weighted by atomic mass is 9.93. The first-order valence-electron chi connectivity index (χ1n) is 6.52. The third-order valence-electron chi connectivity index (χ3n) is 3.57. The Hall–Kier alpha value is -1.36. The van der Waals surface area contributed by atoms with Gasteiger partial charge in [-0.05, 0) is 38.3 Å². The lowest BCUT2D eigenvalue weighted by Gasteiger charge is -2.22. The molecule has 5 nitrogen and oxygen atoms in total. The Kier molecular flexibility index (Phi) is 4.36.